The van der Waals surface area contributed by atoms with Crippen molar-refractivity contribution >= 4 is 5.91 Å². The second-order valence-electron chi connectivity index (χ2n) is 6.69. The Labute approximate surface area is 141 Å². The summed E-state index contributed by atoms with van der Waals surface area (Å²) in [5.74, 6) is 0.645. The summed E-state index contributed by atoms with van der Waals surface area (Å²) in [5, 5.41) is 3.25. The zero-order chi connectivity index (χ0) is 16.4. The monoisotopic (exact) mass is 323 g/mol. The molecule has 2 aromatic rings. The first-order valence-corrected chi connectivity index (χ1v) is 8.40. The van der Waals surface area contributed by atoms with E-state index in [2.05, 4.69) is 15.2 Å². The number of pyridine rings is 1. The number of carbonyl (C=O) groups is 1. The van der Waals surface area contributed by atoms with Crippen molar-refractivity contribution in [1.29, 1.82) is 0 Å². The molecule has 1 amide bonds. The summed E-state index contributed by atoms with van der Waals surface area (Å²) in [5.41, 5.74) is 1.55. The third-order valence-corrected chi connectivity index (χ3v) is 4.83. The van der Waals surface area contributed by atoms with E-state index in [0.717, 1.165) is 32.5 Å². The lowest BCUT2D eigenvalue weighted by Gasteiger charge is -2.42. The summed E-state index contributed by atoms with van der Waals surface area (Å²) in [6.45, 7) is 3.22. The Kier molecular flexibility index (Phi) is 3.94. The fourth-order valence-corrected chi connectivity index (χ4v) is 3.67. The van der Waals surface area contributed by atoms with Crippen LogP contribution in [0.4, 0.5) is 0 Å². The molecule has 1 saturated heterocycles. The number of rotatable bonds is 2. The van der Waals surface area contributed by atoms with E-state index in [0.29, 0.717) is 17.9 Å². The number of likely N-dealkylation sites (tertiary alicyclic amines) is 1. The van der Waals surface area contributed by atoms with Crippen molar-refractivity contribution in [1.82, 2.24) is 15.2 Å². The van der Waals surface area contributed by atoms with E-state index in [1.807, 2.05) is 48.8 Å². The van der Waals surface area contributed by atoms with Gasteiger partial charge >= 0.3 is 0 Å². The van der Waals surface area contributed by atoms with Crippen LogP contribution in [0.5, 0.6) is 5.75 Å². The summed E-state index contributed by atoms with van der Waals surface area (Å²) in [7, 11) is 0. The first-order valence-electron chi connectivity index (χ1n) is 8.40. The Morgan fingerprint density at radius 1 is 1.21 bits per heavy atom. The Hall–Kier alpha value is -2.40. The second-order valence-corrected chi connectivity index (χ2v) is 6.69. The smallest absolute Gasteiger partial charge is 0.255 e. The number of aromatic nitrogens is 1. The van der Waals surface area contributed by atoms with Crippen LogP contribution in [0.3, 0.4) is 0 Å². The molecule has 5 nitrogen and oxygen atoms in total. The molecule has 0 saturated carbocycles. The van der Waals surface area contributed by atoms with Gasteiger partial charge in [-0.2, -0.15) is 0 Å². The summed E-state index contributed by atoms with van der Waals surface area (Å²) < 4.78 is 5.99. The zero-order valence-electron chi connectivity index (χ0n) is 13.6. The van der Waals surface area contributed by atoms with E-state index in [4.69, 9.17) is 4.74 Å². The molecule has 1 fully saturated rings. The fourth-order valence-electron chi connectivity index (χ4n) is 3.67. The molecule has 0 bridgehead atoms. The zero-order valence-corrected chi connectivity index (χ0v) is 13.6. The molecular weight excluding hydrogens is 302 g/mol. The molecule has 1 unspecified atom stereocenters. The van der Waals surface area contributed by atoms with Gasteiger partial charge in [0, 0.05) is 25.5 Å². The lowest BCUT2D eigenvalue weighted by atomic mass is 9.89. The van der Waals surface area contributed by atoms with Crippen LogP contribution in [-0.2, 0) is 6.54 Å². The van der Waals surface area contributed by atoms with Crippen molar-refractivity contribution in [3.05, 3.63) is 59.9 Å². The average Bonchev–Trinajstić information content (AvgIpc) is 2.74. The molecule has 4 rings (SSSR count). The average molecular weight is 323 g/mol. The van der Waals surface area contributed by atoms with Crippen LogP contribution in [0.1, 0.15) is 28.8 Å². The molecule has 124 valence electrons. The number of nitrogens with zero attached hydrogens (tertiary/aromatic N) is 2. The summed E-state index contributed by atoms with van der Waals surface area (Å²) in [6, 6.07) is 11.5. The maximum Gasteiger partial charge on any atom is 0.255 e. The van der Waals surface area contributed by atoms with Crippen molar-refractivity contribution in [2.75, 3.05) is 19.7 Å². The number of hydrogen-bond acceptors (Lipinski definition) is 4. The predicted octanol–water partition coefficient (Wildman–Crippen LogP) is 2.24. The van der Waals surface area contributed by atoms with E-state index in [-0.39, 0.29) is 11.4 Å². The van der Waals surface area contributed by atoms with E-state index in [1.165, 1.54) is 5.56 Å². The van der Waals surface area contributed by atoms with Gasteiger partial charge in [0.1, 0.15) is 12.4 Å². The molecule has 1 aromatic heterocycles. The third kappa shape index (κ3) is 2.99. The van der Waals surface area contributed by atoms with Crippen LogP contribution in [0.15, 0.2) is 48.8 Å². The highest BCUT2D eigenvalue weighted by Gasteiger charge is 2.40. The summed E-state index contributed by atoms with van der Waals surface area (Å²) in [4.78, 5) is 19.1. The molecule has 1 spiro atoms. The topological polar surface area (TPSA) is 54.5 Å². The minimum Gasteiger partial charge on any atom is -0.490 e. The van der Waals surface area contributed by atoms with Gasteiger partial charge in [0.15, 0.2) is 0 Å². The highest BCUT2D eigenvalue weighted by molar-refractivity contribution is 5.97. The molecule has 1 aromatic carbocycles. The fraction of sp³-hybridized carbons (Fsp3) is 0.368. The number of ether oxygens (including phenoxy) is 1. The van der Waals surface area contributed by atoms with E-state index in [9.17, 15) is 4.79 Å². The normalized spacial score (nSPS) is 23.9. The van der Waals surface area contributed by atoms with Gasteiger partial charge in [-0.3, -0.25) is 14.7 Å². The van der Waals surface area contributed by atoms with Gasteiger partial charge in [-0.05, 0) is 49.2 Å². The third-order valence-electron chi connectivity index (χ3n) is 4.83. The molecule has 0 aliphatic carbocycles. The van der Waals surface area contributed by atoms with Gasteiger partial charge in [0.2, 0.25) is 0 Å². The van der Waals surface area contributed by atoms with Crippen LogP contribution >= 0.6 is 0 Å². The summed E-state index contributed by atoms with van der Waals surface area (Å²) >= 11 is 0. The molecule has 5 heteroatoms. The standard InChI is InChI=1S/C19H21N3O2/c23-18-16-4-1-2-5-17(16)24-14-19(21-18)8-3-11-22(13-19)12-15-6-9-20-10-7-15/h1-2,4-7,9-10H,3,8,11-14H2,(H,21,23). The highest BCUT2D eigenvalue weighted by atomic mass is 16.5. The molecule has 0 radical (unpaired) electrons. The number of benzene rings is 1. The lowest BCUT2D eigenvalue weighted by molar-refractivity contribution is 0.0643. The number of para-hydroxylation sites is 1. The van der Waals surface area contributed by atoms with E-state index in [1.54, 1.807) is 0 Å². The molecule has 2 aliphatic rings. The number of nitrogens with one attached hydrogen (secondary N) is 1. The van der Waals surface area contributed by atoms with Gasteiger partial charge < -0.3 is 10.1 Å². The molecular formula is C19H21N3O2. The number of carbonyl (C=O) groups excluding carboxylic acids is 1. The van der Waals surface area contributed by atoms with Gasteiger partial charge in [0.05, 0.1) is 11.1 Å². The van der Waals surface area contributed by atoms with Crippen LogP contribution in [-0.4, -0.2) is 41.0 Å². The minimum absolute atomic E-state index is 0.0335. The molecule has 3 heterocycles. The van der Waals surface area contributed by atoms with Crippen LogP contribution < -0.4 is 10.1 Å². The highest BCUT2D eigenvalue weighted by Crippen LogP contribution is 2.29. The summed E-state index contributed by atoms with van der Waals surface area (Å²) in [6.07, 6.45) is 5.63. The SMILES string of the molecule is O=C1NC2(CCCN(Cc3ccncc3)C2)COc2ccccc21. The second kappa shape index (κ2) is 6.24. The maximum absolute atomic E-state index is 12.6. The van der Waals surface area contributed by atoms with E-state index >= 15 is 0 Å². The van der Waals surface area contributed by atoms with Crippen molar-refractivity contribution in [3.63, 3.8) is 0 Å². The predicted molar refractivity (Wildman–Crippen MR) is 90.9 cm³/mol. The first kappa shape index (κ1) is 15.1. The molecule has 2 aliphatic heterocycles. The van der Waals surface area contributed by atoms with Crippen LogP contribution in [0.25, 0.3) is 0 Å². The minimum atomic E-state index is -0.318. The number of fused-ring (bicyclic) bond motifs is 1. The van der Waals surface area contributed by atoms with Crippen LogP contribution in [0, 0.1) is 0 Å². The van der Waals surface area contributed by atoms with Crippen LogP contribution in [0.2, 0.25) is 0 Å². The van der Waals surface area contributed by atoms with Gasteiger partial charge in [-0.1, -0.05) is 12.1 Å². The van der Waals surface area contributed by atoms with Crippen molar-refractivity contribution < 1.29 is 9.53 Å². The van der Waals surface area contributed by atoms with E-state index < -0.39 is 0 Å². The quantitative estimate of drug-likeness (QED) is 0.921. The lowest BCUT2D eigenvalue weighted by Crippen LogP contribution is -2.60. The maximum atomic E-state index is 12.6. The first-order chi connectivity index (χ1) is 11.7. The molecule has 1 N–H and O–H groups in total. The van der Waals surface area contributed by atoms with Gasteiger partial charge in [-0.15, -0.1) is 0 Å². The Morgan fingerprint density at radius 2 is 2.04 bits per heavy atom. The van der Waals surface area contributed by atoms with Gasteiger partial charge in [-0.25, -0.2) is 0 Å². The largest absolute Gasteiger partial charge is 0.490 e. The van der Waals surface area contributed by atoms with Crippen molar-refractivity contribution in [2.45, 2.75) is 24.9 Å². The molecule has 1 atom stereocenters. The van der Waals surface area contributed by atoms with Crippen molar-refractivity contribution in [2.24, 2.45) is 0 Å². The number of hydrogen-bond donors (Lipinski definition) is 1. The van der Waals surface area contributed by atoms with Crippen molar-refractivity contribution in [3.8, 4) is 5.75 Å². The van der Waals surface area contributed by atoms with Gasteiger partial charge in [0.25, 0.3) is 5.91 Å². The Balaban J connectivity index is 1.52. The number of amides is 1. The molecule has 24 heavy (non-hydrogen) atoms. The Bertz CT molecular complexity index is 734. The Morgan fingerprint density at radius 3 is 2.92 bits per heavy atom. The number of piperidine rings is 1.